The van der Waals surface area contributed by atoms with Gasteiger partial charge in [-0.15, -0.1) is 0 Å². The highest BCUT2D eigenvalue weighted by molar-refractivity contribution is 6.16. The maximum Gasteiger partial charge on any atom is 0.216 e. The summed E-state index contributed by atoms with van der Waals surface area (Å²) in [4.78, 5) is 19.9. The maximum atomic E-state index is 13.0. The average molecular weight is 403 g/mol. The lowest BCUT2D eigenvalue weighted by atomic mass is 9.99. The molecule has 0 radical (unpaired) electrons. The van der Waals surface area contributed by atoms with Crippen LogP contribution in [0.3, 0.4) is 0 Å². The minimum atomic E-state index is -0.793. The molecule has 1 aliphatic rings. The third-order valence-corrected chi connectivity index (χ3v) is 5.52. The quantitative estimate of drug-likeness (QED) is 0.660. The number of benzodiazepines with no additional fused rings is 1. The summed E-state index contributed by atoms with van der Waals surface area (Å²) >= 11 is 0. The highest BCUT2D eigenvalue weighted by Crippen LogP contribution is 2.32. The fourth-order valence-corrected chi connectivity index (χ4v) is 3.80. The smallest absolute Gasteiger partial charge is 0.216 e. The predicted molar refractivity (Wildman–Crippen MR) is 118 cm³/mol. The Balaban J connectivity index is 1.77. The molecular formula is C24H25N3O3. The van der Waals surface area contributed by atoms with Crippen LogP contribution in [0.2, 0.25) is 0 Å². The van der Waals surface area contributed by atoms with E-state index in [1.807, 2.05) is 60.5 Å². The van der Waals surface area contributed by atoms with Gasteiger partial charge in [-0.2, -0.15) is 0 Å². The van der Waals surface area contributed by atoms with E-state index in [1.54, 1.807) is 26.2 Å². The molecule has 0 spiro atoms. The number of carbonyl (C=O) groups is 1. The van der Waals surface area contributed by atoms with E-state index in [4.69, 9.17) is 19.9 Å². The van der Waals surface area contributed by atoms with Gasteiger partial charge in [0.1, 0.15) is 11.5 Å². The standard InChI is InChI=1S/C24H25N3O3/c1-15-9-12-21(30-15)24(28)22(25)20-14-26-23(16-7-5-4-6-8-16)18-11-10-17(29-3)13-19(18)27(20)2/h4-13,20,22H,14,25H2,1-3H3. The lowest BCUT2D eigenvalue weighted by Crippen LogP contribution is -2.52. The van der Waals surface area contributed by atoms with Gasteiger partial charge in [-0.05, 0) is 31.2 Å². The average Bonchev–Trinajstić information content (AvgIpc) is 3.16. The van der Waals surface area contributed by atoms with Gasteiger partial charge in [-0.1, -0.05) is 30.3 Å². The molecule has 6 heteroatoms. The zero-order valence-corrected chi connectivity index (χ0v) is 17.3. The molecule has 0 aliphatic carbocycles. The van der Waals surface area contributed by atoms with Gasteiger partial charge in [-0.25, -0.2) is 0 Å². The van der Waals surface area contributed by atoms with Gasteiger partial charge in [-0.3, -0.25) is 9.79 Å². The van der Waals surface area contributed by atoms with Gasteiger partial charge in [0.2, 0.25) is 5.78 Å². The molecule has 0 bridgehead atoms. The Bertz CT molecular complexity index is 1090. The highest BCUT2D eigenvalue weighted by atomic mass is 16.5. The Morgan fingerprint density at radius 1 is 1.20 bits per heavy atom. The number of rotatable bonds is 5. The normalized spacial score (nSPS) is 17.0. The van der Waals surface area contributed by atoms with Crippen LogP contribution in [-0.4, -0.2) is 44.3 Å². The molecule has 6 nitrogen and oxygen atoms in total. The van der Waals surface area contributed by atoms with E-state index in [0.29, 0.717) is 12.3 Å². The van der Waals surface area contributed by atoms with Crippen LogP contribution in [0.4, 0.5) is 5.69 Å². The van der Waals surface area contributed by atoms with E-state index < -0.39 is 6.04 Å². The van der Waals surface area contributed by atoms with Crippen LogP contribution in [0.15, 0.2) is 70.1 Å². The number of ether oxygens (including phenoxy) is 1. The molecule has 2 aromatic carbocycles. The number of methoxy groups -OCH3 is 1. The van der Waals surface area contributed by atoms with Gasteiger partial charge in [0, 0.05) is 29.9 Å². The fourth-order valence-electron chi connectivity index (χ4n) is 3.80. The molecule has 4 rings (SSSR count). The lowest BCUT2D eigenvalue weighted by molar-refractivity contribution is 0.0921. The summed E-state index contributed by atoms with van der Waals surface area (Å²) < 4.78 is 11.0. The first kappa shape index (κ1) is 19.9. The predicted octanol–water partition coefficient (Wildman–Crippen LogP) is 3.46. The Labute approximate surface area is 176 Å². The number of carbonyl (C=O) groups excluding carboxylic acids is 1. The summed E-state index contributed by atoms with van der Waals surface area (Å²) in [5, 5.41) is 0. The number of benzene rings is 2. The van der Waals surface area contributed by atoms with Crippen molar-refractivity contribution in [2.24, 2.45) is 10.7 Å². The minimum absolute atomic E-state index is 0.234. The van der Waals surface area contributed by atoms with Crippen molar-refractivity contribution >= 4 is 17.2 Å². The van der Waals surface area contributed by atoms with Gasteiger partial charge < -0.3 is 19.8 Å². The lowest BCUT2D eigenvalue weighted by Gasteiger charge is -2.32. The SMILES string of the molecule is COc1ccc2c(c1)N(C)C(C(N)C(=O)c1ccc(C)o1)CN=C2c1ccccc1. The van der Waals surface area contributed by atoms with Gasteiger partial charge in [0.15, 0.2) is 5.76 Å². The van der Waals surface area contributed by atoms with Crippen molar-refractivity contribution in [1.29, 1.82) is 0 Å². The number of Topliss-reactive ketones (excluding diaryl/α,β-unsaturated/α-hetero) is 1. The van der Waals surface area contributed by atoms with Crippen LogP contribution in [0.5, 0.6) is 5.75 Å². The maximum absolute atomic E-state index is 13.0. The van der Waals surface area contributed by atoms with Crippen molar-refractivity contribution in [2.45, 2.75) is 19.0 Å². The molecule has 1 aliphatic heterocycles. The number of hydrogen-bond donors (Lipinski definition) is 1. The second-order valence-electron chi connectivity index (χ2n) is 7.42. The molecule has 2 heterocycles. The van der Waals surface area contributed by atoms with Crippen molar-refractivity contribution in [2.75, 3.05) is 25.6 Å². The zero-order chi connectivity index (χ0) is 21.3. The molecule has 2 N–H and O–H groups in total. The molecule has 2 atom stereocenters. The Hall–Kier alpha value is -3.38. The summed E-state index contributed by atoms with van der Waals surface area (Å²) in [6, 6.07) is 18.2. The molecule has 0 saturated carbocycles. The second-order valence-corrected chi connectivity index (χ2v) is 7.42. The fraction of sp³-hybridized carbons (Fsp3) is 0.250. The highest BCUT2D eigenvalue weighted by Gasteiger charge is 2.34. The Kier molecular flexibility index (Phi) is 5.42. The van der Waals surface area contributed by atoms with Crippen LogP contribution >= 0.6 is 0 Å². The molecule has 1 aromatic heterocycles. The Morgan fingerprint density at radius 2 is 1.97 bits per heavy atom. The molecule has 0 amide bonds. The first-order valence-electron chi connectivity index (χ1n) is 9.87. The van der Waals surface area contributed by atoms with E-state index in [2.05, 4.69) is 0 Å². The van der Waals surface area contributed by atoms with Crippen molar-refractivity contribution in [3.05, 3.63) is 83.3 Å². The van der Waals surface area contributed by atoms with Gasteiger partial charge in [0.05, 0.1) is 31.4 Å². The van der Waals surface area contributed by atoms with Crippen LogP contribution in [-0.2, 0) is 0 Å². The molecular weight excluding hydrogens is 378 g/mol. The van der Waals surface area contributed by atoms with E-state index in [0.717, 1.165) is 28.3 Å². The Morgan fingerprint density at radius 3 is 2.63 bits per heavy atom. The third-order valence-electron chi connectivity index (χ3n) is 5.52. The van der Waals surface area contributed by atoms with E-state index >= 15 is 0 Å². The minimum Gasteiger partial charge on any atom is -0.497 e. The number of likely N-dealkylation sites (N-methyl/N-ethyl adjacent to an activating group) is 1. The van der Waals surface area contributed by atoms with Gasteiger partial charge in [0.25, 0.3) is 0 Å². The summed E-state index contributed by atoms with van der Waals surface area (Å²) in [5.74, 6) is 1.45. The molecule has 154 valence electrons. The topological polar surface area (TPSA) is 81.1 Å². The van der Waals surface area contributed by atoms with Crippen molar-refractivity contribution < 1.29 is 13.9 Å². The number of nitrogens with two attached hydrogens (primary N) is 1. The van der Waals surface area contributed by atoms with Crippen molar-refractivity contribution in [3.63, 3.8) is 0 Å². The molecule has 2 unspecified atom stereocenters. The number of anilines is 1. The van der Waals surface area contributed by atoms with Crippen LogP contribution in [0.1, 0.15) is 27.4 Å². The van der Waals surface area contributed by atoms with Crippen molar-refractivity contribution in [1.82, 2.24) is 0 Å². The van der Waals surface area contributed by atoms with Gasteiger partial charge >= 0.3 is 0 Å². The number of fused-ring (bicyclic) bond motifs is 1. The van der Waals surface area contributed by atoms with Crippen molar-refractivity contribution in [3.8, 4) is 5.75 Å². The number of aliphatic imine (C=N–C) groups is 1. The van der Waals surface area contributed by atoms with E-state index in [-0.39, 0.29) is 17.6 Å². The zero-order valence-electron chi connectivity index (χ0n) is 17.3. The number of ketones is 1. The molecule has 0 fully saturated rings. The van der Waals surface area contributed by atoms with Crippen LogP contribution in [0.25, 0.3) is 0 Å². The summed E-state index contributed by atoms with van der Waals surface area (Å²) in [6.45, 7) is 2.18. The molecule has 0 saturated heterocycles. The summed E-state index contributed by atoms with van der Waals surface area (Å²) in [6.07, 6.45) is 0. The number of furan rings is 1. The number of hydrogen-bond acceptors (Lipinski definition) is 6. The van der Waals surface area contributed by atoms with Crippen LogP contribution in [0, 0.1) is 6.92 Å². The third kappa shape index (κ3) is 3.62. The monoisotopic (exact) mass is 403 g/mol. The van der Waals surface area contributed by atoms with E-state index in [1.165, 1.54) is 0 Å². The summed E-state index contributed by atoms with van der Waals surface area (Å²) in [7, 11) is 3.57. The molecule has 30 heavy (non-hydrogen) atoms. The second kappa shape index (κ2) is 8.16. The first-order chi connectivity index (χ1) is 14.5. The summed E-state index contributed by atoms with van der Waals surface area (Å²) in [5.41, 5.74) is 10.2. The first-order valence-corrected chi connectivity index (χ1v) is 9.87. The number of aryl methyl sites for hydroxylation is 1. The van der Waals surface area contributed by atoms with Crippen LogP contribution < -0.4 is 15.4 Å². The van der Waals surface area contributed by atoms with E-state index in [9.17, 15) is 4.79 Å². The molecule has 3 aromatic rings. The largest absolute Gasteiger partial charge is 0.497 e. The number of nitrogens with zero attached hydrogens (tertiary/aromatic N) is 2.